The molecule has 0 aliphatic carbocycles. The number of hydrogen-bond acceptors (Lipinski definition) is 2. The Hall–Kier alpha value is -0.570. The molecule has 1 atom stereocenters. The van der Waals surface area contributed by atoms with Crippen molar-refractivity contribution in [1.82, 2.24) is 10.2 Å². The molecular weight excluding hydrogens is 140 g/mol. The van der Waals surface area contributed by atoms with Crippen LogP contribution in [0.3, 0.4) is 0 Å². The van der Waals surface area contributed by atoms with Crippen molar-refractivity contribution in [2.24, 2.45) is 0 Å². The van der Waals surface area contributed by atoms with Gasteiger partial charge >= 0.3 is 0 Å². The van der Waals surface area contributed by atoms with Crippen LogP contribution in [0.25, 0.3) is 0 Å². The summed E-state index contributed by atoms with van der Waals surface area (Å²) in [5, 5.41) is 3.28. The summed E-state index contributed by atoms with van der Waals surface area (Å²) in [7, 11) is 0. The molecule has 0 aromatic carbocycles. The highest BCUT2D eigenvalue weighted by Gasteiger charge is 2.29. The van der Waals surface area contributed by atoms with Crippen molar-refractivity contribution in [2.45, 2.75) is 25.3 Å². The Morgan fingerprint density at radius 3 is 3.00 bits per heavy atom. The quantitative estimate of drug-likeness (QED) is 0.575. The van der Waals surface area contributed by atoms with E-state index in [1.807, 2.05) is 4.90 Å². The smallest absolute Gasteiger partial charge is 0.222 e. The van der Waals surface area contributed by atoms with Gasteiger partial charge in [0.05, 0.1) is 0 Å². The predicted octanol–water partition coefficient (Wildman–Crippen LogP) is -0.0293. The second kappa shape index (κ2) is 2.81. The molecule has 62 valence electrons. The van der Waals surface area contributed by atoms with E-state index in [4.69, 9.17) is 0 Å². The number of amides is 1. The van der Waals surface area contributed by atoms with Crippen LogP contribution in [0.5, 0.6) is 0 Å². The van der Waals surface area contributed by atoms with Gasteiger partial charge in [0.1, 0.15) is 0 Å². The first kappa shape index (κ1) is 7.10. The van der Waals surface area contributed by atoms with Gasteiger partial charge in [-0.15, -0.1) is 0 Å². The molecule has 0 unspecified atom stereocenters. The number of carbonyl (C=O) groups excluding carboxylic acids is 1. The van der Waals surface area contributed by atoms with E-state index in [1.54, 1.807) is 0 Å². The van der Waals surface area contributed by atoms with Crippen molar-refractivity contribution in [2.75, 3.05) is 19.6 Å². The number of nitrogens with one attached hydrogen (secondary N) is 1. The first-order chi connectivity index (χ1) is 5.38. The maximum atomic E-state index is 11.3. The van der Waals surface area contributed by atoms with Crippen LogP contribution in [-0.2, 0) is 4.79 Å². The Kier molecular flexibility index (Phi) is 1.82. The number of nitrogens with zero attached hydrogens (tertiary/aromatic N) is 1. The lowest BCUT2D eigenvalue weighted by molar-refractivity contribution is -0.129. The van der Waals surface area contributed by atoms with Crippen molar-refractivity contribution < 1.29 is 4.79 Å². The normalized spacial score (nSPS) is 31.8. The summed E-state index contributed by atoms with van der Waals surface area (Å²) in [5.74, 6) is 0.360. The van der Waals surface area contributed by atoms with Crippen LogP contribution in [0.1, 0.15) is 19.3 Å². The van der Waals surface area contributed by atoms with E-state index in [9.17, 15) is 4.79 Å². The highest BCUT2D eigenvalue weighted by molar-refractivity contribution is 5.78. The summed E-state index contributed by atoms with van der Waals surface area (Å²) in [6, 6.07) is 0.505. The SMILES string of the molecule is O=C1CCCN1[C@@H]1CCNC1. The number of carbonyl (C=O) groups is 1. The molecular formula is C8H14N2O. The van der Waals surface area contributed by atoms with Gasteiger partial charge in [-0.3, -0.25) is 4.79 Å². The summed E-state index contributed by atoms with van der Waals surface area (Å²) in [6.07, 6.45) is 2.98. The summed E-state index contributed by atoms with van der Waals surface area (Å²) in [6.45, 7) is 3.07. The van der Waals surface area contributed by atoms with E-state index >= 15 is 0 Å². The zero-order valence-corrected chi connectivity index (χ0v) is 6.68. The Labute approximate surface area is 66.8 Å². The molecule has 1 amide bonds. The topological polar surface area (TPSA) is 32.3 Å². The summed E-state index contributed by atoms with van der Waals surface area (Å²) in [4.78, 5) is 13.3. The fourth-order valence-corrected chi connectivity index (χ4v) is 1.96. The maximum Gasteiger partial charge on any atom is 0.222 e. The molecule has 2 aliphatic rings. The van der Waals surface area contributed by atoms with Crippen LogP contribution in [0, 0.1) is 0 Å². The van der Waals surface area contributed by atoms with Crippen molar-refractivity contribution in [1.29, 1.82) is 0 Å². The molecule has 0 radical (unpaired) electrons. The lowest BCUT2D eigenvalue weighted by Crippen LogP contribution is -2.37. The van der Waals surface area contributed by atoms with E-state index in [0.717, 1.165) is 38.9 Å². The molecule has 2 fully saturated rings. The molecule has 0 aromatic heterocycles. The van der Waals surface area contributed by atoms with Gasteiger partial charge in [-0.05, 0) is 19.4 Å². The lowest BCUT2D eigenvalue weighted by atomic mass is 10.2. The molecule has 0 spiro atoms. The maximum absolute atomic E-state index is 11.3. The van der Waals surface area contributed by atoms with Gasteiger partial charge in [0, 0.05) is 25.6 Å². The van der Waals surface area contributed by atoms with Crippen LogP contribution < -0.4 is 5.32 Å². The van der Waals surface area contributed by atoms with E-state index in [2.05, 4.69) is 5.32 Å². The monoisotopic (exact) mass is 154 g/mol. The van der Waals surface area contributed by atoms with Crippen LogP contribution in [0.2, 0.25) is 0 Å². The third-order valence-electron chi connectivity index (χ3n) is 2.59. The van der Waals surface area contributed by atoms with Crippen molar-refractivity contribution >= 4 is 5.91 Å². The minimum Gasteiger partial charge on any atom is -0.338 e. The first-order valence-corrected chi connectivity index (χ1v) is 4.38. The minimum atomic E-state index is 0.360. The summed E-state index contributed by atoms with van der Waals surface area (Å²) >= 11 is 0. The lowest BCUT2D eigenvalue weighted by Gasteiger charge is -2.22. The molecule has 11 heavy (non-hydrogen) atoms. The third-order valence-corrected chi connectivity index (χ3v) is 2.59. The molecule has 0 saturated carbocycles. The van der Waals surface area contributed by atoms with Gasteiger partial charge in [-0.25, -0.2) is 0 Å². The second-order valence-corrected chi connectivity index (χ2v) is 3.34. The molecule has 2 rings (SSSR count). The third kappa shape index (κ3) is 1.25. The van der Waals surface area contributed by atoms with Gasteiger partial charge in [0.2, 0.25) is 5.91 Å². The minimum absolute atomic E-state index is 0.360. The molecule has 1 N–H and O–H groups in total. The zero-order valence-electron chi connectivity index (χ0n) is 6.68. The van der Waals surface area contributed by atoms with Crippen LogP contribution in [0.4, 0.5) is 0 Å². The molecule has 0 aromatic rings. The van der Waals surface area contributed by atoms with Gasteiger partial charge in [-0.1, -0.05) is 0 Å². The zero-order chi connectivity index (χ0) is 7.68. The van der Waals surface area contributed by atoms with Gasteiger partial charge in [0.15, 0.2) is 0 Å². The van der Waals surface area contributed by atoms with Crippen LogP contribution in [-0.4, -0.2) is 36.5 Å². The fraction of sp³-hybridized carbons (Fsp3) is 0.875. The van der Waals surface area contributed by atoms with E-state index < -0.39 is 0 Å². The largest absolute Gasteiger partial charge is 0.338 e. The Bertz CT molecular complexity index is 163. The van der Waals surface area contributed by atoms with Gasteiger partial charge < -0.3 is 10.2 Å². The van der Waals surface area contributed by atoms with Crippen molar-refractivity contribution in [3.8, 4) is 0 Å². The molecule has 3 heteroatoms. The van der Waals surface area contributed by atoms with Gasteiger partial charge in [0.25, 0.3) is 0 Å². The van der Waals surface area contributed by atoms with Crippen LogP contribution in [0.15, 0.2) is 0 Å². The second-order valence-electron chi connectivity index (χ2n) is 3.34. The molecule has 3 nitrogen and oxygen atoms in total. The molecule has 2 heterocycles. The van der Waals surface area contributed by atoms with E-state index in [0.29, 0.717) is 11.9 Å². The van der Waals surface area contributed by atoms with E-state index in [1.165, 1.54) is 0 Å². The first-order valence-electron chi connectivity index (χ1n) is 4.38. The fourth-order valence-electron chi connectivity index (χ4n) is 1.96. The Balaban J connectivity index is 1.97. The summed E-state index contributed by atoms with van der Waals surface area (Å²) < 4.78 is 0. The van der Waals surface area contributed by atoms with Gasteiger partial charge in [-0.2, -0.15) is 0 Å². The van der Waals surface area contributed by atoms with Crippen molar-refractivity contribution in [3.05, 3.63) is 0 Å². The Morgan fingerprint density at radius 2 is 2.45 bits per heavy atom. The average molecular weight is 154 g/mol. The highest BCUT2D eigenvalue weighted by Crippen LogP contribution is 2.16. The summed E-state index contributed by atoms with van der Waals surface area (Å²) in [5.41, 5.74) is 0. The molecule has 0 bridgehead atoms. The molecule has 2 aliphatic heterocycles. The molecule has 2 saturated heterocycles. The average Bonchev–Trinajstić information content (AvgIpc) is 2.55. The van der Waals surface area contributed by atoms with Crippen molar-refractivity contribution in [3.63, 3.8) is 0 Å². The number of hydrogen-bond donors (Lipinski definition) is 1. The highest BCUT2D eigenvalue weighted by atomic mass is 16.2. The standard InChI is InChI=1S/C8H14N2O/c11-8-2-1-5-10(8)7-3-4-9-6-7/h7,9H,1-6H2/t7-/m1/s1. The Morgan fingerprint density at radius 1 is 1.55 bits per heavy atom. The number of rotatable bonds is 1. The van der Waals surface area contributed by atoms with Crippen LogP contribution >= 0.6 is 0 Å². The number of likely N-dealkylation sites (tertiary alicyclic amines) is 1. The predicted molar refractivity (Wildman–Crippen MR) is 42.2 cm³/mol. The van der Waals surface area contributed by atoms with E-state index in [-0.39, 0.29) is 0 Å².